The molecule has 1 fully saturated rings. The molecule has 0 spiro atoms. The lowest BCUT2D eigenvalue weighted by Gasteiger charge is -2.29. The number of aliphatic imine (C=N–C) groups is 1. The Morgan fingerprint density at radius 3 is 2.15 bits per heavy atom. The maximum Gasteiger partial charge on any atom is 0.239 e. The minimum absolute atomic E-state index is 0.0681. The normalized spacial score (nSPS) is 17.5. The fourth-order valence-corrected chi connectivity index (χ4v) is 5.14. The Morgan fingerprint density at radius 1 is 0.818 bits per heavy atom. The van der Waals surface area contributed by atoms with Gasteiger partial charge in [0.25, 0.3) is 0 Å². The van der Waals surface area contributed by atoms with Crippen LogP contribution in [0.25, 0.3) is 22.6 Å². The van der Waals surface area contributed by atoms with Crippen molar-refractivity contribution in [1.82, 2.24) is 14.7 Å². The number of fused-ring (bicyclic) bond motifs is 1. The summed E-state index contributed by atoms with van der Waals surface area (Å²) in [5, 5.41) is 5.71. The predicted octanol–water partition coefficient (Wildman–Crippen LogP) is 5.57. The van der Waals surface area contributed by atoms with Crippen LogP contribution < -0.4 is 0 Å². The number of carbonyl (C=O) groups is 1. The van der Waals surface area contributed by atoms with Gasteiger partial charge in [0.2, 0.25) is 5.91 Å². The highest BCUT2D eigenvalue weighted by Crippen LogP contribution is 2.41. The van der Waals surface area contributed by atoms with Crippen molar-refractivity contribution in [1.29, 1.82) is 0 Å². The molecule has 5 nitrogen and oxygen atoms in total. The second kappa shape index (κ2) is 8.22. The third-order valence-electron chi connectivity index (χ3n) is 5.81. The summed E-state index contributed by atoms with van der Waals surface area (Å²) in [7, 11) is 0. The topological polar surface area (TPSA) is 50.5 Å². The molecule has 0 radical (unpaired) electrons. The lowest BCUT2D eigenvalue weighted by Crippen LogP contribution is -2.35. The van der Waals surface area contributed by atoms with E-state index in [0.29, 0.717) is 5.75 Å². The molecule has 1 unspecified atom stereocenters. The van der Waals surface area contributed by atoms with Gasteiger partial charge in [-0.2, -0.15) is 5.10 Å². The highest BCUT2D eigenvalue weighted by atomic mass is 32.2. The lowest BCUT2D eigenvalue weighted by molar-refractivity contribution is -0.125. The number of benzene rings is 3. The lowest BCUT2D eigenvalue weighted by atomic mass is 9.98. The average molecular weight is 449 g/mol. The zero-order valence-corrected chi connectivity index (χ0v) is 18.5. The Kier molecular flexibility index (Phi) is 4.92. The Labute approximate surface area is 196 Å². The number of rotatable bonds is 4. The first-order chi connectivity index (χ1) is 16.3. The van der Waals surface area contributed by atoms with Crippen LogP contribution in [0.1, 0.15) is 17.2 Å². The van der Waals surface area contributed by atoms with Crippen molar-refractivity contribution in [2.24, 2.45) is 4.99 Å². The van der Waals surface area contributed by atoms with E-state index in [0.717, 1.165) is 38.9 Å². The minimum atomic E-state index is -0.289. The number of amidine groups is 1. The van der Waals surface area contributed by atoms with Crippen LogP contribution in [0, 0.1) is 0 Å². The number of para-hydroxylation sites is 1. The van der Waals surface area contributed by atoms with Gasteiger partial charge in [-0.05, 0) is 23.8 Å². The van der Waals surface area contributed by atoms with Crippen molar-refractivity contribution in [3.63, 3.8) is 0 Å². The van der Waals surface area contributed by atoms with Crippen LogP contribution in [-0.2, 0) is 4.79 Å². The molecule has 6 rings (SSSR count). The summed E-state index contributed by atoms with van der Waals surface area (Å²) in [6.45, 7) is 0. The molecule has 33 heavy (non-hydrogen) atoms. The van der Waals surface area contributed by atoms with E-state index < -0.39 is 0 Å². The Hall–Kier alpha value is -3.90. The SMILES string of the molecule is O=C1CSC2=NC(c3ccccc3)=CC(c3cn(-c4ccccc4)nc3-c3ccccc3)N12. The molecule has 1 aromatic heterocycles. The van der Waals surface area contributed by atoms with Gasteiger partial charge in [0.1, 0.15) is 0 Å². The van der Waals surface area contributed by atoms with Crippen molar-refractivity contribution in [2.75, 3.05) is 5.75 Å². The van der Waals surface area contributed by atoms with E-state index in [1.165, 1.54) is 11.8 Å². The van der Waals surface area contributed by atoms with Gasteiger partial charge < -0.3 is 0 Å². The zero-order valence-electron chi connectivity index (χ0n) is 17.7. The summed E-state index contributed by atoms with van der Waals surface area (Å²) >= 11 is 1.49. The van der Waals surface area contributed by atoms with E-state index >= 15 is 0 Å². The molecular formula is C27H20N4OS. The average Bonchev–Trinajstić information content (AvgIpc) is 3.50. The summed E-state index contributed by atoms with van der Waals surface area (Å²) in [6, 6.07) is 30.0. The van der Waals surface area contributed by atoms with Gasteiger partial charge in [0.15, 0.2) is 5.17 Å². The predicted molar refractivity (Wildman–Crippen MR) is 133 cm³/mol. The number of aromatic nitrogens is 2. The van der Waals surface area contributed by atoms with Crippen molar-refractivity contribution in [3.8, 4) is 16.9 Å². The number of amides is 1. The van der Waals surface area contributed by atoms with E-state index in [1.54, 1.807) is 0 Å². The summed E-state index contributed by atoms with van der Waals surface area (Å²) in [6.07, 6.45) is 4.13. The molecule has 4 aromatic rings. The van der Waals surface area contributed by atoms with Crippen LogP contribution in [-0.4, -0.2) is 31.5 Å². The van der Waals surface area contributed by atoms with Gasteiger partial charge in [0, 0.05) is 17.3 Å². The van der Waals surface area contributed by atoms with Crippen molar-refractivity contribution >= 4 is 28.5 Å². The largest absolute Gasteiger partial charge is 0.279 e. The fraction of sp³-hybridized carbons (Fsp3) is 0.0741. The van der Waals surface area contributed by atoms with Gasteiger partial charge in [0.05, 0.1) is 28.9 Å². The molecule has 0 bridgehead atoms. The summed E-state index contributed by atoms with van der Waals surface area (Å²) in [5.74, 6) is 0.470. The summed E-state index contributed by atoms with van der Waals surface area (Å²) in [4.78, 5) is 19.6. The monoisotopic (exact) mass is 448 g/mol. The molecule has 2 aliphatic heterocycles. The Bertz CT molecular complexity index is 1380. The van der Waals surface area contributed by atoms with E-state index in [9.17, 15) is 4.79 Å². The number of nitrogens with zero attached hydrogens (tertiary/aromatic N) is 4. The Balaban J connectivity index is 1.55. The molecule has 3 heterocycles. The molecule has 1 saturated heterocycles. The van der Waals surface area contributed by atoms with Gasteiger partial charge in [-0.3, -0.25) is 9.69 Å². The van der Waals surface area contributed by atoms with Crippen LogP contribution >= 0.6 is 11.8 Å². The molecule has 160 valence electrons. The third kappa shape index (κ3) is 3.58. The maximum atomic E-state index is 12.9. The molecule has 0 saturated carbocycles. The second-order valence-electron chi connectivity index (χ2n) is 7.89. The first-order valence-electron chi connectivity index (χ1n) is 10.8. The number of carbonyl (C=O) groups excluding carboxylic acids is 1. The van der Waals surface area contributed by atoms with Gasteiger partial charge in [-0.15, -0.1) is 0 Å². The number of hydrogen-bond donors (Lipinski definition) is 0. The summed E-state index contributed by atoms with van der Waals surface area (Å²) < 4.78 is 1.90. The maximum absolute atomic E-state index is 12.9. The summed E-state index contributed by atoms with van der Waals surface area (Å²) in [5.41, 5.74) is 5.73. The van der Waals surface area contributed by atoms with Crippen LogP contribution in [0.15, 0.2) is 108 Å². The van der Waals surface area contributed by atoms with Gasteiger partial charge in [-0.25, -0.2) is 9.67 Å². The van der Waals surface area contributed by atoms with Crippen LogP contribution in [0.3, 0.4) is 0 Å². The van der Waals surface area contributed by atoms with Crippen molar-refractivity contribution in [3.05, 3.63) is 114 Å². The van der Waals surface area contributed by atoms with Crippen LogP contribution in [0.4, 0.5) is 0 Å². The van der Waals surface area contributed by atoms with Crippen LogP contribution in [0.2, 0.25) is 0 Å². The van der Waals surface area contributed by atoms with E-state index in [2.05, 4.69) is 30.3 Å². The van der Waals surface area contributed by atoms with E-state index in [4.69, 9.17) is 10.1 Å². The molecule has 0 aliphatic carbocycles. The first kappa shape index (κ1) is 19.8. The standard InChI is InChI=1S/C27H20N4OS/c32-25-18-33-27-28-23(19-10-4-1-5-11-19)16-24(31(25)27)22-17-30(21-14-8-3-9-15-21)29-26(22)20-12-6-2-7-13-20/h1-17,24H,18H2. The fourth-order valence-electron chi connectivity index (χ4n) is 4.23. The molecule has 3 aromatic carbocycles. The molecule has 2 aliphatic rings. The first-order valence-corrected chi connectivity index (χ1v) is 11.8. The molecule has 6 heteroatoms. The van der Waals surface area contributed by atoms with Gasteiger partial charge >= 0.3 is 0 Å². The minimum Gasteiger partial charge on any atom is -0.279 e. The second-order valence-corrected chi connectivity index (χ2v) is 8.83. The van der Waals surface area contributed by atoms with E-state index in [1.807, 2.05) is 82.5 Å². The number of thioether (sulfide) groups is 1. The van der Waals surface area contributed by atoms with E-state index in [-0.39, 0.29) is 11.9 Å². The highest BCUT2D eigenvalue weighted by molar-refractivity contribution is 8.15. The van der Waals surface area contributed by atoms with Crippen LogP contribution in [0.5, 0.6) is 0 Å². The smallest absolute Gasteiger partial charge is 0.239 e. The Morgan fingerprint density at radius 2 is 1.45 bits per heavy atom. The van der Waals surface area contributed by atoms with Gasteiger partial charge in [-0.1, -0.05) is 90.6 Å². The molecule has 1 amide bonds. The molecule has 1 atom stereocenters. The third-order valence-corrected chi connectivity index (χ3v) is 6.75. The van der Waals surface area contributed by atoms with Crippen molar-refractivity contribution in [2.45, 2.75) is 6.04 Å². The number of hydrogen-bond acceptors (Lipinski definition) is 4. The molecule has 0 N–H and O–H groups in total. The molecular weight excluding hydrogens is 428 g/mol. The quantitative estimate of drug-likeness (QED) is 0.410. The zero-order chi connectivity index (χ0) is 22.2. The van der Waals surface area contributed by atoms with Crippen molar-refractivity contribution < 1.29 is 4.79 Å². The highest BCUT2D eigenvalue weighted by Gasteiger charge is 2.39.